The van der Waals surface area contributed by atoms with E-state index in [0.29, 0.717) is 12.0 Å². The number of carbonyl (C=O) groups excluding carboxylic acids is 3. The first kappa shape index (κ1) is 25.4. The van der Waals surface area contributed by atoms with Gasteiger partial charge in [0.05, 0.1) is 6.04 Å². The van der Waals surface area contributed by atoms with Crippen molar-refractivity contribution >= 4 is 17.9 Å². The van der Waals surface area contributed by atoms with Crippen molar-refractivity contribution in [1.29, 1.82) is 0 Å². The van der Waals surface area contributed by atoms with E-state index < -0.39 is 24.1 Å². The monoisotopic (exact) mass is 496 g/mol. The van der Waals surface area contributed by atoms with Crippen LogP contribution in [0, 0.1) is 0 Å². The van der Waals surface area contributed by atoms with Crippen LogP contribution >= 0.6 is 0 Å². The van der Waals surface area contributed by atoms with Crippen molar-refractivity contribution in [1.82, 2.24) is 20.2 Å². The zero-order chi connectivity index (χ0) is 25.9. The van der Waals surface area contributed by atoms with Crippen molar-refractivity contribution in [2.24, 2.45) is 0 Å². The van der Waals surface area contributed by atoms with Crippen LogP contribution in [0.3, 0.4) is 0 Å². The number of aromatic nitrogens is 2. The molecule has 0 aliphatic carbocycles. The number of amides is 2. The summed E-state index contributed by atoms with van der Waals surface area (Å²) in [4.78, 5) is 42.5. The van der Waals surface area contributed by atoms with Crippen LogP contribution in [-0.4, -0.2) is 46.1 Å². The molecular formula is C29H28N4O4. The summed E-state index contributed by atoms with van der Waals surface area (Å²) in [6.07, 6.45) is 5.05. The number of nitrogens with one attached hydrogen (secondary N) is 2. The molecule has 0 bridgehead atoms. The molecule has 37 heavy (non-hydrogen) atoms. The Labute approximate surface area is 215 Å². The molecule has 2 unspecified atom stereocenters. The maximum absolute atomic E-state index is 13.2. The number of hydrogen-bond acceptors (Lipinski definition) is 5. The van der Waals surface area contributed by atoms with Crippen LogP contribution in [-0.2, 0) is 22.4 Å². The molecule has 0 spiro atoms. The molecular weight excluding hydrogens is 468 g/mol. The summed E-state index contributed by atoms with van der Waals surface area (Å²) in [5.41, 5.74) is 2.38. The van der Waals surface area contributed by atoms with Crippen molar-refractivity contribution in [3.05, 3.63) is 126 Å². The van der Waals surface area contributed by atoms with Crippen molar-refractivity contribution in [2.45, 2.75) is 24.9 Å². The molecule has 4 rings (SSSR count). The Kier molecular flexibility index (Phi) is 8.80. The van der Waals surface area contributed by atoms with E-state index in [1.165, 1.54) is 23.3 Å². The standard InChI is InChI=1S/C29H28N4O4/c34-27(24-14-8-3-9-15-24)31-25(18-22-10-4-1-5-11-22)20-37-28(35)26(19-23-12-6-2-7-13-23)32-29(36)33-17-16-30-21-33/h1-17,21,25-26H,18-20H2,(H,31,34)(H,32,36). The van der Waals surface area contributed by atoms with Gasteiger partial charge < -0.3 is 15.4 Å². The summed E-state index contributed by atoms with van der Waals surface area (Å²) in [6, 6.07) is 26.0. The molecule has 1 aromatic heterocycles. The summed E-state index contributed by atoms with van der Waals surface area (Å²) in [6.45, 7) is -0.0570. The SMILES string of the molecule is O=C(NC(COC(=O)C(Cc1ccccc1)NC(=O)n1ccnc1)Cc1ccccc1)c1ccccc1. The molecule has 0 saturated heterocycles. The first-order valence-corrected chi connectivity index (χ1v) is 12.0. The number of imidazole rings is 1. The minimum Gasteiger partial charge on any atom is -0.462 e. The Morgan fingerprint density at radius 3 is 1.97 bits per heavy atom. The zero-order valence-electron chi connectivity index (χ0n) is 20.2. The highest BCUT2D eigenvalue weighted by atomic mass is 16.5. The number of benzene rings is 3. The first-order valence-electron chi connectivity index (χ1n) is 12.0. The molecule has 2 N–H and O–H groups in total. The van der Waals surface area contributed by atoms with Crippen LogP contribution in [0.15, 0.2) is 110 Å². The molecule has 0 aliphatic heterocycles. The molecule has 4 aromatic rings. The Balaban J connectivity index is 1.46. The van der Waals surface area contributed by atoms with Gasteiger partial charge in [0.1, 0.15) is 19.0 Å². The van der Waals surface area contributed by atoms with E-state index >= 15 is 0 Å². The van der Waals surface area contributed by atoms with Gasteiger partial charge in [-0.15, -0.1) is 0 Å². The summed E-state index contributed by atoms with van der Waals surface area (Å²) in [7, 11) is 0. The summed E-state index contributed by atoms with van der Waals surface area (Å²) in [5, 5.41) is 5.70. The number of ether oxygens (including phenoxy) is 1. The van der Waals surface area contributed by atoms with Crippen LogP contribution < -0.4 is 10.6 Å². The van der Waals surface area contributed by atoms with Crippen molar-refractivity contribution in [2.75, 3.05) is 6.61 Å². The smallest absolute Gasteiger partial charge is 0.329 e. The quantitative estimate of drug-likeness (QED) is 0.327. The molecule has 1 heterocycles. The first-order chi connectivity index (χ1) is 18.1. The third-order valence-corrected chi connectivity index (χ3v) is 5.73. The highest BCUT2D eigenvalue weighted by Crippen LogP contribution is 2.09. The average Bonchev–Trinajstić information content (AvgIpc) is 3.48. The van der Waals surface area contributed by atoms with Gasteiger partial charge in [-0.3, -0.25) is 9.36 Å². The second-order valence-corrected chi connectivity index (χ2v) is 8.52. The fourth-order valence-corrected chi connectivity index (χ4v) is 3.84. The van der Waals surface area contributed by atoms with Crippen LogP contribution in [0.4, 0.5) is 4.79 Å². The van der Waals surface area contributed by atoms with Gasteiger partial charge >= 0.3 is 12.0 Å². The molecule has 0 radical (unpaired) electrons. The van der Waals surface area contributed by atoms with Gasteiger partial charge in [-0.25, -0.2) is 14.6 Å². The molecule has 0 aliphatic rings. The summed E-state index contributed by atoms with van der Waals surface area (Å²) in [5.74, 6) is -0.851. The normalized spacial score (nSPS) is 12.2. The minimum absolute atomic E-state index is 0.0570. The number of hydrogen-bond donors (Lipinski definition) is 2. The van der Waals surface area contributed by atoms with Gasteiger partial charge in [0.25, 0.3) is 5.91 Å². The predicted molar refractivity (Wildman–Crippen MR) is 139 cm³/mol. The summed E-state index contributed by atoms with van der Waals surface area (Å²) >= 11 is 0. The van der Waals surface area contributed by atoms with E-state index in [0.717, 1.165) is 11.1 Å². The van der Waals surface area contributed by atoms with E-state index in [-0.39, 0.29) is 18.9 Å². The molecule has 3 aromatic carbocycles. The molecule has 188 valence electrons. The molecule has 8 nitrogen and oxygen atoms in total. The lowest BCUT2D eigenvalue weighted by atomic mass is 10.1. The minimum atomic E-state index is -0.931. The molecule has 2 amide bonds. The molecule has 2 atom stereocenters. The zero-order valence-corrected chi connectivity index (χ0v) is 20.2. The van der Waals surface area contributed by atoms with E-state index in [1.807, 2.05) is 66.7 Å². The lowest BCUT2D eigenvalue weighted by Crippen LogP contribution is -2.47. The molecule has 0 saturated carbocycles. The Hall–Kier alpha value is -4.72. The van der Waals surface area contributed by atoms with Crippen molar-refractivity contribution in [3.8, 4) is 0 Å². The van der Waals surface area contributed by atoms with Gasteiger partial charge in [0.15, 0.2) is 0 Å². The lowest BCUT2D eigenvalue weighted by Gasteiger charge is -2.22. The van der Waals surface area contributed by atoms with Crippen LogP contribution in [0.2, 0.25) is 0 Å². The van der Waals surface area contributed by atoms with Gasteiger partial charge in [-0.05, 0) is 29.7 Å². The third kappa shape index (κ3) is 7.63. The molecule has 0 fully saturated rings. The number of carbonyl (C=O) groups is 3. The van der Waals surface area contributed by atoms with Crippen LogP contribution in [0.25, 0.3) is 0 Å². The van der Waals surface area contributed by atoms with Crippen LogP contribution in [0.5, 0.6) is 0 Å². The number of nitrogens with zero attached hydrogens (tertiary/aromatic N) is 2. The summed E-state index contributed by atoms with van der Waals surface area (Å²) < 4.78 is 6.93. The predicted octanol–water partition coefficient (Wildman–Crippen LogP) is 3.64. The lowest BCUT2D eigenvalue weighted by molar-refractivity contribution is -0.146. The largest absolute Gasteiger partial charge is 0.462 e. The van der Waals surface area contributed by atoms with Gasteiger partial charge in [0.2, 0.25) is 0 Å². The Bertz CT molecular complexity index is 1280. The maximum Gasteiger partial charge on any atom is 0.329 e. The highest BCUT2D eigenvalue weighted by Gasteiger charge is 2.25. The fourth-order valence-electron chi connectivity index (χ4n) is 3.84. The van der Waals surface area contributed by atoms with Gasteiger partial charge in [-0.2, -0.15) is 0 Å². The van der Waals surface area contributed by atoms with E-state index in [9.17, 15) is 14.4 Å². The third-order valence-electron chi connectivity index (χ3n) is 5.73. The van der Waals surface area contributed by atoms with E-state index in [1.54, 1.807) is 24.3 Å². The maximum atomic E-state index is 13.2. The second-order valence-electron chi connectivity index (χ2n) is 8.52. The average molecular weight is 497 g/mol. The Morgan fingerprint density at radius 1 is 0.784 bits per heavy atom. The van der Waals surface area contributed by atoms with Crippen molar-refractivity contribution in [3.63, 3.8) is 0 Å². The van der Waals surface area contributed by atoms with E-state index in [2.05, 4.69) is 15.6 Å². The fraction of sp³-hybridized carbons (Fsp3) is 0.172. The van der Waals surface area contributed by atoms with Gasteiger partial charge in [0, 0.05) is 24.4 Å². The van der Waals surface area contributed by atoms with E-state index in [4.69, 9.17) is 4.74 Å². The Morgan fingerprint density at radius 2 is 1.38 bits per heavy atom. The topological polar surface area (TPSA) is 102 Å². The van der Waals surface area contributed by atoms with Crippen LogP contribution in [0.1, 0.15) is 21.5 Å². The number of esters is 1. The highest BCUT2D eigenvalue weighted by molar-refractivity contribution is 5.94. The van der Waals surface area contributed by atoms with Gasteiger partial charge in [-0.1, -0.05) is 78.9 Å². The second kappa shape index (κ2) is 12.8. The molecule has 8 heteroatoms. The number of rotatable bonds is 10. The van der Waals surface area contributed by atoms with Crippen molar-refractivity contribution < 1.29 is 19.1 Å².